The Hall–Kier alpha value is -3.94. The van der Waals surface area contributed by atoms with Crippen molar-refractivity contribution < 1.29 is 66.7 Å². The van der Waals surface area contributed by atoms with Crippen molar-refractivity contribution in [3.05, 3.63) is 24.2 Å². The molecule has 49 heavy (non-hydrogen) atoms. The van der Waals surface area contributed by atoms with E-state index in [1.165, 1.54) is 33.3 Å². The van der Waals surface area contributed by atoms with Gasteiger partial charge < -0.3 is 37.9 Å². The molecule has 0 radical (unpaired) electrons. The molecule has 0 aromatic carbocycles. The number of furan rings is 1. The van der Waals surface area contributed by atoms with Crippen molar-refractivity contribution in [3.63, 3.8) is 0 Å². The standard InChI is InChI=1S/C35H44O14/c1-16(36)45-25(30(41)43-8)26-32(6)15-34(49-19(4)39)24(28(32)46-17(2)37)29(47-18(3)38)35(42)21(33(26,34)7)9-11-31(5)22(35)13-23(40)48-27(31)20-10-12-44-14-20/h10,12,14,21-22,24-29,42H,9,11,13,15H2,1-8H3/t21-,22-,24+,25+,26+,27+,28-,29-,31-,32-,33-,34+,35-/m1/s1. The lowest BCUT2D eigenvalue weighted by Gasteiger charge is -2.72. The molecule has 0 spiro atoms. The molecule has 2 heterocycles. The number of aliphatic hydroxyl groups is 1. The van der Waals surface area contributed by atoms with Gasteiger partial charge >= 0.3 is 35.8 Å². The zero-order chi connectivity index (χ0) is 36.1. The molecule has 14 heteroatoms. The molecule has 1 aromatic rings. The van der Waals surface area contributed by atoms with Gasteiger partial charge in [-0.3, -0.25) is 24.0 Å². The Labute approximate surface area is 283 Å². The molecule has 0 unspecified atom stereocenters. The van der Waals surface area contributed by atoms with Crippen LogP contribution in [0.4, 0.5) is 0 Å². The number of methoxy groups -OCH3 is 1. The van der Waals surface area contributed by atoms with Crippen LogP contribution in [0.3, 0.4) is 0 Å². The number of hydrogen-bond acceptors (Lipinski definition) is 14. The summed E-state index contributed by atoms with van der Waals surface area (Å²) in [6, 6.07) is 1.68. The number of carbonyl (C=O) groups excluding carboxylic acids is 6. The summed E-state index contributed by atoms with van der Waals surface area (Å²) in [4.78, 5) is 78.8. The molecule has 4 saturated carbocycles. The smallest absolute Gasteiger partial charge is 0.347 e. The first kappa shape index (κ1) is 34.9. The molecule has 1 N–H and O–H groups in total. The van der Waals surface area contributed by atoms with Crippen LogP contribution in [0, 0.1) is 39.9 Å². The normalized spacial score (nSPS) is 43.6. The largest absolute Gasteiger partial charge is 0.472 e. The van der Waals surface area contributed by atoms with Crippen molar-refractivity contribution in [1.29, 1.82) is 0 Å². The van der Waals surface area contributed by atoms with E-state index in [-0.39, 0.29) is 19.3 Å². The number of hydrogen-bond donors (Lipinski definition) is 1. The number of esters is 6. The summed E-state index contributed by atoms with van der Waals surface area (Å²) in [6.07, 6.45) is -1.83. The average Bonchev–Trinajstić information content (AvgIpc) is 3.65. The third-order valence-corrected chi connectivity index (χ3v) is 12.8. The van der Waals surface area contributed by atoms with E-state index in [4.69, 9.17) is 32.8 Å². The summed E-state index contributed by atoms with van der Waals surface area (Å²) in [7, 11) is 1.15. The van der Waals surface area contributed by atoms with Crippen molar-refractivity contribution in [2.45, 2.75) is 110 Å². The predicted octanol–water partition coefficient (Wildman–Crippen LogP) is 2.98. The minimum atomic E-state index is -2.05. The van der Waals surface area contributed by atoms with E-state index in [2.05, 4.69) is 0 Å². The molecule has 14 nitrogen and oxygen atoms in total. The second kappa shape index (κ2) is 11.3. The van der Waals surface area contributed by atoms with E-state index < -0.39 is 111 Å². The SMILES string of the molecule is COC(=O)[C@@H](OC(C)=O)[C@H]1[C@@]2(C)C[C@]3(OC(C)=O)[C@@H]([C@H]2OC(C)=O)[C@@H](OC(C)=O)[C@]2(O)[C@@H]4CC(=O)O[C@@H](c5ccoc5)[C@]4(C)CC[C@@H]2[C@]13C. The minimum absolute atomic E-state index is 0.00405. The molecule has 5 fully saturated rings. The van der Waals surface area contributed by atoms with Gasteiger partial charge in [0.15, 0.2) is 0 Å². The highest BCUT2D eigenvalue weighted by Crippen LogP contribution is 2.82. The monoisotopic (exact) mass is 688 g/mol. The first-order valence-corrected chi connectivity index (χ1v) is 16.6. The van der Waals surface area contributed by atoms with Gasteiger partial charge in [-0.1, -0.05) is 20.8 Å². The van der Waals surface area contributed by atoms with E-state index in [0.29, 0.717) is 12.0 Å². The van der Waals surface area contributed by atoms with Crippen LogP contribution in [-0.4, -0.2) is 77.5 Å². The lowest BCUT2D eigenvalue weighted by Crippen LogP contribution is -2.82. The van der Waals surface area contributed by atoms with E-state index in [1.807, 2.05) is 6.92 Å². The molecule has 268 valence electrons. The van der Waals surface area contributed by atoms with Gasteiger partial charge in [-0.25, -0.2) is 4.79 Å². The Morgan fingerprint density at radius 3 is 2.12 bits per heavy atom. The number of ether oxygens (including phenoxy) is 6. The van der Waals surface area contributed by atoms with Crippen molar-refractivity contribution in [2.24, 2.45) is 39.9 Å². The Kier molecular flexibility index (Phi) is 8.04. The van der Waals surface area contributed by atoms with Crippen molar-refractivity contribution in [1.82, 2.24) is 0 Å². The second-order valence-electron chi connectivity index (χ2n) is 15.2. The van der Waals surface area contributed by atoms with Gasteiger partial charge in [-0.05, 0) is 25.3 Å². The Bertz CT molecular complexity index is 1590. The quantitative estimate of drug-likeness (QED) is 0.325. The third kappa shape index (κ3) is 4.54. The molecule has 1 aromatic heterocycles. The molecular formula is C35H44O14. The minimum Gasteiger partial charge on any atom is -0.472 e. The number of fused-ring (bicyclic) bond motifs is 5. The first-order chi connectivity index (χ1) is 22.8. The highest BCUT2D eigenvalue weighted by molar-refractivity contribution is 5.80. The molecular weight excluding hydrogens is 644 g/mol. The van der Waals surface area contributed by atoms with Gasteiger partial charge in [-0.2, -0.15) is 0 Å². The Morgan fingerprint density at radius 1 is 0.918 bits per heavy atom. The maximum absolute atomic E-state index is 13.6. The molecule has 13 atom stereocenters. The number of cyclic esters (lactones) is 1. The summed E-state index contributed by atoms with van der Waals surface area (Å²) in [6.45, 7) is 10.2. The summed E-state index contributed by atoms with van der Waals surface area (Å²) >= 11 is 0. The van der Waals surface area contributed by atoms with Gasteiger partial charge in [-0.15, -0.1) is 0 Å². The fourth-order valence-corrected chi connectivity index (χ4v) is 11.7. The summed E-state index contributed by atoms with van der Waals surface area (Å²) in [5.74, 6) is -8.52. The average molecular weight is 689 g/mol. The predicted molar refractivity (Wildman–Crippen MR) is 162 cm³/mol. The molecule has 1 aliphatic heterocycles. The summed E-state index contributed by atoms with van der Waals surface area (Å²) < 4.78 is 40.7. The summed E-state index contributed by atoms with van der Waals surface area (Å²) in [5.41, 5.74) is -6.69. The van der Waals surface area contributed by atoms with Crippen molar-refractivity contribution >= 4 is 35.8 Å². The zero-order valence-electron chi connectivity index (χ0n) is 28.9. The zero-order valence-corrected chi connectivity index (χ0v) is 28.9. The first-order valence-electron chi connectivity index (χ1n) is 16.6. The number of carbonyl (C=O) groups is 6. The molecule has 0 amide bonds. The van der Waals surface area contributed by atoms with Crippen molar-refractivity contribution in [3.8, 4) is 0 Å². The van der Waals surface area contributed by atoms with Crippen LogP contribution in [-0.2, 0) is 57.2 Å². The lowest BCUT2D eigenvalue weighted by molar-refractivity contribution is -0.358. The van der Waals surface area contributed by atoms with Gasteiger partial charge in [0.05, 0.1) is 32.0 Å². The number of rotatable bonds is 7. The van der Waals surface area contributed by atoms with Crippen LogP contribution in [0.25, 0.3) is 0 Å². The van der Waals surface area contributed by atoms with E-state index in [9.17, 15) is 33.9 Å². The van der Waals surface area contributed by atoms with E-state index >= 15 is 0 Å². The lowest BCUT2D eigenvalue weighted by atomic mass is 9.36. The summed E-state index contributed by atoms with van der Waals surface area (Å²) in [5, 5.41) is 13.6. The van der Waals surface area contributed by atoms with E-state index in [0.717, 1.165) is 14.0 Å². The van der Waals surface area contributed by atoms with Crippen LogP contribution < -0.4 is 0 Å². The topological polar surface area (TPSA) is 191 Å². The molecule has 2 bridgehead atoms. The van der Waals surface area contributed by atoms with Gasteiger partial charge in [0.1, 0.15) is 29.5 Å². The maximum Gasteiger partial charge on any atom is 0.347 e. The van der Waals surface area contributed by atoms with Gasteiger partial charge in [0.25, 0.3) is 0 Å². The van der Waals surface area contributed by atoms with E-state index in [1.54, 1.807) is 19.9 Å². The molecule has 6 rings (SSSR count). The molecule has 4 aliphatic carbocycles. The highest BCUT2D eigenvalue weighted by Gasteiger charge is 2.91. The Balaban J connectivity index is 1.67. The molecule has 5 aliphatic rings. The fraction of sp³-hybridized carbons (Fsp3) is 0.714. The van der Waals surface area contributed by atoms with Crippen LogP contribution in [0.1, 0.15) is 85.8 Å². The molecule has 1 saturated heterocycles. The van der Waals surface area contributed by atoms with Crippen LogP contribution in [0.2, 0.25) is 0 Å². The van der Waals surface area contributed by atoms with Crippen LogP contribution >= 0.6 is 0 Å². The fourth-order valence-electron chi connectivity index (χ4n) is 11.7. The van der Waals surface area contributed by atoms with Crippen LogP contribution in [0.15, 0.2) is 23.0 Å². The van der Waals surface area contributed by atoms with Gasteiger partial charge in [0, 0.05) is 67.3 Å². The maximum atomic E-state index is 13.6. The van der Waals surface area contributed by atoms with Crippen LogP contribution in [0.5, 0.6) is 0 Å². The highest BCUT2D eigenvalue weighted by atomic mass is 16.6. The van der Waals surface area contributed by atoms with Gasteiger partial charge in [0.2, 0.25) is 6.10 Å². The second-order valence-corrected chi connectivity index (χ2v) is 15.2. The Morgan fingerprint density at radius 2 is 1.57 bits per heavy atom. The van der Waals surface area contributed by atoms with Crippen molar-refractivity contribution in [2.75, 3.05) is 7.11 Å². The third-order valence-electron chi connectivity index (χ3n) is 12.8.